The Morgan fingerprint density at radius 2 is 2.11 bits per heavy atom. The molecule has 0 unspecified atom stereocenters. The van der Waals surface area contributed by atoms with E-state index >= 15 is 0 Å². The fourth-order valence-electron chi connectivity index (χ4n) is 1.35. The largest absolute Gasteiger partial charge is 0.465 e. The first-order valence-corrected chi connectivity index (χ1v) is 7.07. The van der Waals surface area contributed by atoms with Gasteiger partial charge in [-0.15, -0.1) is 11.8 Å². The fraction of sp³-hybridized carbons (Fsp3) is 0.385. The molecule has 0 aromatic heterocycles. The molecule has 19 heavy (non-hydrogen) atoms. The molecule has 0 atom stereocenters. The van der Waals surface area contributed by atoms with E-state index in [1.54, 1.807) is 19.1 Å². The second-order valence-corrected chi connectivity index (χ2v) is 4.90. The number of hydrogen-bond acceptors (Lipinski definition) is 5. The molecule has 6 heteroatoms. The molecule has 104 valence electrons. The van der Waals surface area contributed by atoms with Crippen LogP contribution in [-0.2, 0) is 14.3 Å². The molecule has 1 aromatic rings. The van der Waals surface area contributed by atoms with Gasteiger partial charge in [0.15, 0.2) is 0 Å². The number of thioether (sulfide) groups is 1. The number of hydrogen-bond donors (Lipinski definition) is 2. The molecule has 0 saturated carbocycles. The standard InChI is InChI=1S/C13H18N2O3S/c1-3-18-13(17)8-19-7-12(16)15-10-5-4-9(2)11(14)6-10/h4-6H,3,7-8,14H2,1-2H3,(H,15,16). The van der Waals surface area contributed by atoms with E-state index in [9.17, 15) is 9.59 Å². The Bertz CT molecular complexity index is 463. The van der Waals surface area contributed by atoms with Crippen LogP contribution in [0.4, 0.5) is 11.4 Å². The number of ether oxygens (including phenoxy) is 1. The number of nitrogens with two attached hydrogens (primary N) is 1. The summed E-state index contributed by atoms with van der Waals surface area (Å²) in [7, 11) is 0. The van der Waals surface area contributed by atoms with Gasteiger partial charge in [-0.25, -0.2) is 0 Å². The summed E-state index contributed by atoms with van der Waals surface area (Å²) in [5.41, 5.74) is 8.01. The zero-order chi connectivity index (χ0) is 14.3. The van der Waals surface area contributed by atoms with Crippen LogP contribution in [0.25, 0.3) is 0 Å². The second kappa shape index (κ2) is 7.68. The fourth-order valence-corrected chi connectivity index (χ4v) is 1.95. The highest BCUT2D eigenvalue weighted by molar-refractivity contribution is 8.00. The molecule has 0 bridgehead atoms. The maximum Gasteiger partial charge on any atom is 0.315 e. The summed E-state index contributed by atoms with van der Waals surface area (Å²) in [6.45, 7) is 4.00. The first-order valence-electron chi connectivity index (χ1n) is 5.92. The molecule has 0 radical (unpaired) electrons. The molecule has 1 amide bonds. The van der Waals surface area contributed by atoms with Crippen molar-refractivity contribution in [2.24, 2.45) is 0 Å². The summed E-state index contributed by atoms with van der Waals surface area (Å²) in [6, 6.07) is 5.35. The third-order valence-corrected chi connectivity index (χ3v) is 3.23. The second-order valence-electron chi connectivity index (χ2n) is 3.92. The third-order valence-electron chi connectivity index (χ3n) is 2.32. The topological polar surface area (TPSA) is 81.4 Å². The lowest BCUT2D eigenvalue weighted by atomic mass is 10.2. The Morgan fingerprint density at radius 1 is 1.37 bits per heavy atom. The minimum atomic E-state index is -0.306. The average Bonchev–Trinajstić information content (AvgIpc) is 2.34. The molecule has 1 rings (SSSR count). The monoisotopic (exact) mass is 282 g/mol. The zero-order valence-electron chi connectivity index (χ0n) is 11.1. The summed E-state index contributed by atoms with van der Waals surface area (Å²) in [6.07, 6.45) is 0. The highest BCUT2D eigenvalue weighted by atomic mass is 32.2. The first kappa shape index (κ1) is 15.4. The van der Waals surface area contributed by atoms with Gasteiger partial charge in [0.05, 0.1) is 18.1 Å². The van der Waals surface area contributed by atoms with Gasteiger partial charge in [0.1, 0.15) is 0 Å². The summed E-state index contributed by atoms with van der Waals surface area (Å²) in [5.74, 6) is -0.0957. The Morgan fingerprint density at radius 3 is 2.74 bits per heavy atom. The van der Waals surface area contributed by atoms with Crippen molar-refractivity contribution in [3.8, 4) is 0 Å². The minimum absolute atomic E-state index is 0.169. The van der Waals surface area contributed by atoms with Crippen LogP contribution >= 0.6 is 11.8 Å². The van der Waals surface area contributed by atoms with Crippen molar-refractivity contribution >= 4 is 35.0 Å². The number of anilines is 2. The number of carbonyl (C=O) groups excluding carboxylic acids is 2. The van der Waals surface area contributed by atoms with Crippen LogP contribution in [0, 0.1) is 6.92 Å². The molecule has 0 heterocycles. The maximum absolute atomic E-state index is 11.6. The number of nitrogen functional groups attached to an aromatic ring is 1. The lowest BCUT2D eigenvalue weighted by Crippen LogP contribution is -2.16. The van der Waals surface area contributed by atoms with Crippen molar-refractivity contribution in [2.45, 2.75) is 13.8 Å². The van der Waals surface area contributed by atoms with Gasteiger partial charge < -0.3 is 15.8 Å². The summed E-state index contributed by atoms with van der Waals surface area (Å²) in [4.78, 5) is 22.7. The van der Waals surface area contributed by atoms with E-state index < -0.39 is 0 Å². The lowest BCUT2D eigenvalue weighted by Gasteiger charge is -2.07. The van der Waals surface area contributed by atoms with E-state index in [0.29, 0.717) is 18.0 Å². The van der Waals surface area contributed by atoms with Crippen molar-refractivity contribution in [1.29, 1.82) is 0 Å². The van der Waals surface area contributed by atoms with Gasteiger partial charge >= 0.3 is 5.97 Å². The van der Waals surface area contributed by atoms with Gasteiger partial charge in [-0.3, -0.25) is 9.59 Å². The smallest absolute Gasteiger partial charge is 0.315 e. The number of rotatable bonds is 6. The van der Waals surface area contributed by atoms with Crippen LogP contribution in [-0.4, -0.2) is 30.0 Å². The van der Waals surface area contributed by atoms with E-state index in [0.717, 1.165) is 5.56 Å². The van der Waals surface area contributed by atoms with Gasteiger partial charge in [-0.2, -0.15) is 0 Å². The quantitative estimate of drug-likeness (QED) is 0.614. The molecular formula is C13H18N2O3S. The molecular weight excluding hydrogens is 264 g/mol. The van der Waals surface area contributed by atoms with Crippen molar-refractivity contribution in [2.75, 3.05) is 29.2 Å². The van der Waals surface area contributed by atoms with E-state index in [-0.39, 0.29) is 23.4 Å². The normalized spacial score (nSPS) is 10.0. The molecule has 0 aliphatic heterocycles. The molecule has 0 spiro atoms. The van der Waals surface area contributed by atoms with Gasteiger partial charge in [-0.1, -0.05) is 6.07 Å². The minimum Gasteiger partial charge on any atom is -0.465 e. The number of benzene rings is 1. The summed E-state index contributed by atoms with van der Waals surface area (Å²) >= 11 is 1.22. The number of amides is 1. The van der Waals surface area contributed by atoms with E-state index in [4.69, 9.17) is 10.5 Å². The van der Waals surface area contributed by atoms with Crippen molar-refractivity contribution in [1.82, 2.24) is 0 Å². The molecule has 0 aliphatic carbocycles. The summed E-state index contributed by atoms with van der Waals surface area (Å²) < 4.78 is 4.76. The van der Waals surface area contributed by atoms with Crippen LogP contribution in [0.5, 0.6) is 0 Å². The average molecular weight is 282 g/mol. The predicted molar refractivity (Wildman–Crippen MR) is 78.2 cm³/mol. The number of esters is 1. The highest BCUT2D eigenvalue weighted by Crippen LogP contribution is 2.17. The zero-order valence-corrected chi connectivity index (χ0v) is 11.9. The van der Waals surface area contributed by atoms with Crippen LogP contribution in [0.2, 0.25) is 0 Å². The van der Waals surface area contributed by atoms with Crippen LogP contribution in [0.15, 0.2) is 18.2 Å². The van der Waals surface area contributed by atoms with Crippen molar-refractivity contribution in [3.05, 3.63) is 23.8 Å². The van der Waals surface area contributed by atoms with E-state index in [2.05, 4.69) is 5.32 Å². The van der Waals surface area contributed by atoms with Gasteiger partial charge in [0, 0.05) is 11.4 Å². The Balaban J connectivity index is 2.35. The van der Waals surface area contributed by atoms with E-state index in [1.807, 2.05) is 13.0 Å². The molecule has 0 fully saturated rings. The van der Waals surface area contributed by atoms with Crippen LogP contribution in [0.3, 0.4) is 0 Å². The Labute approximate surface area is 116 Å². The van der Waals surface area contributed by atoms with Gasteiger partial charge in [0.2, 0.25) is 5.91 Å². The molecule has 3 N–H and O–H groups in total. The Hall–Kier alpha value is -1.69. The number of carbonyl (C=O) groups is 2. The lowest BCUT2D eigenvalue weighted by molar-refractivity contribution is -0.139. The first-order chi connectivity index (χ1) is 9.02. The van der Waals surface area contributed by atoms with Crippen molar-refractivity contribution in [3.63, 3.8) is 0 Å². The summed E-state index contributed by atoms with van der Waals surface area (Å²) in [5, 5.41) is 2.72. The highest BCUT2D eigenvalue weighted by Gasteiger charge is 2.07. The van der Waals surface area contributed by atoms with Gasteiger partial charge in [0.25, 0.3) is 0 Å². The number of aryl methyl sites for hydroxylation is 1. The molecule has 0 saturated heterocycles. The Kier molecular flexibility index (Phi) is 6.21. The van der Waals surface area contributed by atoms with E-state index in [1.165, 1.54) is 11.8 Å². The molecule has 5 nitrogen and oxygen atoms in total. The third kappa shape index (κ3) is 5.65. The molecule has 0 aliphatic rings. The predicted octanol–water partition coefficient (Wildman–Crippen LogP) is 1.81. The van der Waals surface area contributed by atoms with Crippen LogP contribution in [0.1, 0.15) is 12.5 Å². The van der Waals surface area contributed by atoms with Crippen LogP contribution < -0.4 is 11.1 Å². The number of nitrogens with one attached hydrogen (secondary N) is 1. The molecule has 1 aromatic carbocycles. The van der Waals surface area contributed by atoms with Gasteiger partial charge in [-0.05, 0) is 31.5 Å². The van der Waals surface area contributed by atoms with Crippen molar-refractivity contribution < 1.29 is 14.3 Å². The maximum atomic E-state index is 11.6. The SMILES string of the molecule is CCOC(=O)CSCC(=O)Nc1ccc(C)c(N)c1.